The van der Waals surface area contributed by atoms with Gasteiger partial charge in [-0.2, -0.15) is 0 Å². The van der Waals surface area contributed by atoms with Gasteiger partial charge >= 0.3 is 0 Å². The minimum atomic E-state index is 0.623. The summed E-state index contributed by atoms with van der Waals surface area (Å²) in [5.74, 6) is 0.952. The normalized spacial score (nSPS) is 28.8. The first-order valence-electron chi connectivity index (χ1n) is 8.04. The summed E-state index contributed by atoms with van der Waals surface area (Å²) in [5, 5.41) is 0. The van der Waals surface area contributed by atoms with Gasteiger partial charge in [0.25, 0.3) is 0 Å². The molecule has 3 aliphatic heterocycles. The predicted octanol–water partition coefficient (Wildman–Crippen LogP) is 1.87. The average Bonchev–Trinajstić information content (AvgIpc) is 2.82. The van der Waals surface area contributed by atoms with Crippen LogP contribution in [0.25, 0.3) is 0 Å². The molecule has 108 valence electrons. The van der Waals surface area contributed by atoms with Crippen LogP contribution in [0.2, 0.25) is 0 Å². The lowest BCUT2D eigenvalue weighted by Crippen LogP contribution is -2.55. The van der Waals surface area contributed by atoms with Crippen LogP contribution in [0.1, 0.15) is 26.2 Å². The highest BCUT2D eigenvalue weighted by atomic mass is 15.3. The smallest absolute Gasteiger partial charge is 0.0258 e. The molecule has 19 heavy (non-hydrogen) atoms. The number of hydrogen-bond acceptors (Lipinski definition) is 3. The van der Waals surface area contributed by atoms with E-state index in [9.17, 15) is 0 Å². The van der Waals surface area contributed by atoms with Gasteiger partial charge in [0.15, 0.2) is 0 Å². The van der Waals surface area contributed by atoms with Crippen LogP contribution >= 0.6 is 0 Å². The molecule has 0 atom stereocenters. The molecule has 3 aliphatic rings. The standard InChI is InChI=1S/C16H29N3/c1-3-17-8-5-15(6-9-17)11-19-10-7-16(14-19)12-18(4-2)13-16/h4,15H,2-3,5-14H2,1H3. The summed E-state index contributed by atoms with van der Waals surface area (Å²) in [7, 11) is 0. The summed E-state index contributed by atoms with van der Waals surface area (Å²) in [5.41, 5.74) is 0.623. The highest BCUT2D eigenvalue weighted by Crippen LogP contribution is 2.40. The van der Waals surface area contributed by atoms with Crippen LogP contribution in [0.15, 0.2) is 12.8 Å². The van der Waals surface area contributed by atoms with Crippen LogP contribution in [-0.2, 0) is 0 Å². The molecule has 3 nitrogen and oxygen atoms in total. The van der Waals surface area contributed by atoms with E-state index in [1.54, 1.807) is 0 Å². The van der Waals surface area contributed by atoms with E-state index in [2.05, 4.69) is 28.2 Å². The topological polar surface area (TPSA) is 9.72 Å². The molecule has 3 rings (SSSR count). The maximum atomic E-state index is 3.87. The summed E-state index contributed by atoms with van der Waals surface area (Å²) in [6.07, 6.45) is 6.24. The fourth-order valence-corrected chi connectivity index (χ4v) is 4.24. The summed E-state index contributed by atoms with van der Waals surface area (Å²) < 4.78 is 0. The van der Waals surface area contributed by atoms with Gasteiger partial charge < -0.3 is 14.7 Å². The van der Waals surface area contributed by atoms with E-state index in [0.29, 0.717) is 5.41 Å². The van der Waals surface area contributed by atoms with Crippen molar-refractivity contribution in [1.29, 1.82) is 0 Å². The first kappa shape index (κ1) is 13.4. The fourth-order valence-electron chi connectivity index (χ4n) is 4.24. The molecule has 3 heterocycles. The van der Waals surface area contributed by atoms with Crippen molar-refractivity contribution in [2.45, 2.75) is 26.2 Å². The predicted molar refractivity (Wildman–Crippen MR) is 80.1 cm³/mol. The van der Waals surface area contributed by atoms with E-state index >= 15 is 0 Å². The third kappa shape index (κ3) is 2.82. The van der Waals surface area contributed by atoms with Crippen molar-refractivity contribution >= 4 is 0 Å². The highest BCUT2D eigenvalue weighted by molar-refractivity contribution is 5.03. The summed E-state index contributed by atoms with van der Waals surface area (Å²) in [6.45, 7) is 16.6. The van der Waals surface area contributed by atoms with E-state index in [1.807, 2.05) is 6.20 Å². The summed E-state index contributed by atoms with van der Waals surface area (Å²) in [6, 6.07) is 0. The van der Waals surface area contributed by atoms with Crippen molar-refractivity contribution < 1.29 is 0 Å². The molecule has 0 amide bonds. The van der Waals surface area contributed by atoms with Gasteiger partial charge in [-0.3, -0.25) is 0 Å². The third-order valence-corrected chi connectivity index (χ3v) is 5.52. The average molecular weight is 263 g/mol. The molecule has 0 N–H and O–H groups in total. The number of nitrogens with zero attached hydrogens (tertiary/aromatic N) is 3. The Morgan fingerprint density at radius 3 is 2.47 bits per heavy atom. The monoisotopic (exact) mass is 263 g/mol. The van der Waals surface area contributed by atoms with Crippen molar-refractivity contribution in [2.24, 2.45) is 11.3 Å². The molecule has 3 saturated heterocycles. The van der Waals surface area contributed by atoms with Crippen LogP contribution in [0.4, 0.5) is 0 Å². The lowest BCUT2D eigenvalue weighted by atomic mass is 9.79. The lowest BCUT2D eigenvalue weighted by molar-refractivity contribution is 0.0455. The van der Waals surface area contributed by atoms with Gasteiger partial charge in [0.1, 0.15) is 0 Å². The second-order valence-electron chi connectivity index (χ2n) is 6.95. The second-order valence-corrected chi connectivity index (χ2v) is 6.95. The molecular formula is C16H29N3. The largest absolute Gasteiger partial charge is 0.377 e. The van der Waals surface area contributed by atoms with Gasteiger partial charge in [-0.15, -0.1) is 0 Å². The molecule has 1 spiro atoms. The Balaban J connectivity index is 1.42. The SMILES string of the molecule is C=CN1CC2(CCN(CC3CCN(CC)CC3)C2)C1. The molecule has 3 fully saturated rings. The van der Waals surface area contributed by atoms with Gasteiger partial charge in [-0.1, -0.05) is 13.5 Å². The van der Waals surface area contributed by atoms with E-state index in [0.717, 1.165) is 5.92 Å². The number of hydrogen-bond donors (Lipinski definition) is 0. The second kappa shape index (κ2) is 5.45. The van der Waals surface area contributed by atoms with Crippen molar-refractivity contribution in [1.82, 2.24) is 14.7 Å². The summed E-state index contributed by atoms with van der Waals surface area (Å²) in [4.78, 5) is 7.70. The van der Waals surface area contributed by atoms with Crippen molar-refractivity contribution in [3.8, 4) is 0 Å². The number of likely N-dealkylation sites (tertiary alicyclic amines) is 3. The van der Waals surface area contributed by atoms with Crippen LogP contribution in [0.5, 0.6) is 0 Å². The van der Waals surface area contributed by atoms with E-state index in [4.69, 9.17) is 0 Å². The quantitative estimate of drug-likeness (QED) is 0.767. The number of rotatable bonds is 4. The molecule has 0 aromatic carbocycles. The van der Waals surface area contributed by atoms with Crippen molar-refractivity contribution in [2.75, 3.05) is 52.4 Å². The molecule has 0 bridgehead atoms. The van der Waals surface area contributed by atoms with Crippen molar-refractivity contribution in [3.63, 3.8) is 0 Å². The molecule has 0 aliphatic carbocycles. The zero-order valence-electron chi connectivity index (χ0n) is 12.5. The Bertz CT molecular complexity index is 314. The molecule has 0 radical (unpaired) electrons. The zero-order chi connectivity index (χ0) is 13.3. The fraction of sp³-hybridized carbons (Fsp3) is 0.875. The highest BCUT2D eigenvalue weighted by Gasteiger charge is 2.46. The molecule has 0 aromatic rings. The third-order valence-electron chi connectivity index (χ3n) is 5.52. The maximum absolute atomic E-state index is 3.87. The van der Waals surface area contributed by atoms with Gasteiger partial charge in [-0.25, -0.2) is 0 Å². The molecule has 0 unspecified atom stereocenters. The summed E-state index contributed by atoms with van der Waals surface area (Å²) >= 11 is 0. The lowest BCUT2D eigenvalue weighted by Gasteiger charge is -2.48. The Morgan fingerprint density at radius 1 is 1.11 bits per heavy atom. The van der Waals surface area contributed by atoms with E-state index < -0.39 is 0 Å². The van der Waals surface area contributed by atoms with Gasteiger partial charge in [0.2, 0.25) is 0 Å². The molecule has 0 saturated carbocycles. The maximum Gasteiger partial charge on any atom is 0.0258 e. The van der Waals surface area contributed by atoms with E-state index in [1.165, 1.54) is 71.6 Å². The minimum Gasteiger partial charge on any atom is -0.377 e. The van der Waals surface area contributed by atoms with Crippen LogP contribution in [0.3, 0.4) is 0 Å². The first-order chi connectivity index (χ1) is 9.23. The zero-order valence-corrected chi connectivity index (χ0v) is 12.5. The molecule has 0 aromatic heterocycles. The van der Waals surface area contributed by atoms with Crippen LogP contribution in [-0.4, -0.2) is 67.1 Å². The first-order valence-corrected chi connectivity index (χ1v) is 8.04. The Labute approximate surface area is 118 Å². The Kier molecular flexibility index (Phi) is 3.86. The Morgan fingerprint density at radius 2 is 1.84 bits per heavy atom. The van der Waals surface area contributed by atoms with Crippen molar-refractivity contribution in [3.05, 3.63) is 12.8 Å². The van der Waals surface area contributed by atoms with Gasteiger partial charge in [0.05, 0.1) is 0 Å². The van der Waals surface area contributed by atoms with Crippen LogP contribution < -0.4 is 0 Å². The number of piperidine rings is 1. The van der Waals surface area contributed by atoms with Gasteiger partial charge in [0, 0.05) is 31.6 Å². The van der Waals surface area contributed by atoms with Crippen LogP contribution in [0, 0.1) is 11.3 Å². The molecule has 3 heteroatoms. The van der Waals surface area contributed by atoms with Gasteiger partial charge in [-0.05, 0) is 57.6 Å². The molecular weight excluding hydrogens is 234 g/mol. The Hall–Kier alpha value is -0.540. The minimum absolute atomic E-state index is 0.623. The van der Waals surface area contributed by atoms with E-state index in [-0.39, 0.29) is 0 Å².